The molecule has 7 nitrogen and oxygen atoms in total. The summed E-state index contributed by atoms with van der Waals surface area (Å²) in [4.78, 5) is 58.6. The number of amides is 4. The number of hydrogen-bond acceptors (Lipinski definition) is 5. The highest BCUT2D eigenvalue weighted by Crippen LogP contribution is 2.64. The molecule has 0 spiro atoms. The lowest BCUT2D eigenvalue weighted by Gasteiger charge is -2.49. The SMILES string of the molecule is CC12C(=O)N(c3ccccc3)C(=O)C1CC1C(=CCC3C(=O)N(c4ccccc4)C(=O)C31)C2c1cc(Cl)ccc1O. The van der Waals surface area contributed by atoms with Crippen molar-refractivity contribution in [2.45, 2.75) is 25.7 Å². The molecule has 3 aromatic carbocycles. The summed E-state index contributed by atoms with van der Waals surface area (Å²) in [5.41, 5.74) is 0.992. The van der Waals surface area contributed by atoms with E-state index in [1.54, 1.807) is 67.6 Å². The standard InChI is InChI=1S/C33H27ClN2O5/c1-33-25(30(39)36(32(33)41)20-10-6-3-7-11-20)17-23-21(28(33)24-16-18(34)12-15-26(24)37)13-14-22-27(23)31(40)35(29(22)38)19-8-4-2-5-9-19/h2-13,15-16,22-23,25,27-28,37H,14,17H2,1H3. The van der Waals surface area contributed by atoms with Gasteiger partial charge in [-0.1, -0.05) is 59.6 Å². The fourth-order valence-corrected chi connectivity index (χ4v) is 7.95. The number of benzene rings is 3. The number of allylic oxidation sites excluding steroid dienone is 2. The molecule has 4 amide bonds. The maximum atomic E-state index is 14.3. The molecular formula is C33H27ClN2O5. The molecule has 8 heteroatoms. The first kappa shape index (κ1) is 25.7. The Kier molecular flexibility index (Phi) is 5.74. The van der Waals surface area contributed by atoms with Gasteiger partial charge < -0.3 is 5.11 Å². The van der Waals surface area contributed by atoms with Gasteiger partial charge in [-0.05, 0) is 68.1 Å². The molecule has 2 heterocycles. The molecule has 1 N–H and O–H groups in total. The van der Waals surface area contributed by atoms with Crippen LogP contribution in [0, 0.1) is 29.1 Å². The van der Waals surface area contributed by atoms with Crippen molar-refractivity contribution in [3.63, 3.8) is 0 Å². The van der Waals surface area contributed by atoms with Crippen LogP contribution in [0.5, 0.6) is 5.75 Å². The predicted molar refractivity (Wildman–Crippen MR) is 153 cm³/mol. The number of rotatable bonds is 3. The first-order valence-electron chi connectivity index (χ1n) is 13.8. The number of anilines is 2. The van der Waals surface area contributed by atoms with Crippen molar-refractivity contribution < 1.29 is 24.3 Å². The quantitative estimate of drug-likeness (QED) is 0.334. The third-order valence-corrected chi connectivity index (χ3v) is 9.84. The Balaban J connectivity index is 1.39. The van der Waals surface area contributed by atoms with Crippen LogP contribution >= 0.6 is 11.6 Å². The summed E-state index contributed by atoms with van der Waals surface area (Å²) >= 11 is 6.41. The largest absolute Gasteiger partial charge is 0.508 e. The summed E-state index contributed by atoms with van der Waals surface area (Å²) in [6.45, 7) is 1.78. The minimum atomic E-state index is -1.24. The minimum Gasteiger partial charge on any atom is -0.508 e. The van der Waals surface area contributed by atoms with Gasteiger partial charge in [0.25, 0.3) is 0 Å². The third-order valence-electron chi connectivity index (χ3n) is 9.60. The number of phenols is 1. The van der Waals surface area contributed by atoms with E-state index in [1.165, 1.54) is 15.9 Å². The van der Waals surface area contributed by atoms with Crippen LogP contribution in [-0.2, 0) is 19.2 Å². The van der Waals surface area contributed by atoms with Gasteiger partial charge >= 0.3 is 0 Å². The molecule has 2 aliphatic heterocycles. The van der Waals surface area contributed by atoms with Crippen LogP contribution in [0.25, 0.3) is 0 Å². The number of carbonyl (C=O) groups excluding carboxylic acids is 4. The molecule has 6 unspecified atom stereocenters. The van der Waals surface area contributed by atoms with Gasteiger partial charge in [0.1, 0.15) is 5.75 Å². The number of carbonyl (C=O) groups is 4. The first-order chi connectivity index (χ1) is 19.7. The Morgan fingerprint density at radius 3 is 2.10 bits per heavy atom. The zero-order chi connectivity index (χ0) is 28.6. The van der Waals surface area contributed by atoms with Crippen LogP contribution in [0.2, 0.25) is 5.02 Å². The molecule has 0 bridgehead atoms. The van der Waals surface area contributed by atoms with E-state index in [2.05, 4.69) is 0 Å². The lowest BCUT2D eigenvalue weighted by atomic mass is 9.51. The average Bonchev–Trinajstić information content (AvgIpc) is 3.35. The lowest BCUT2D eigenvalue weighted by Crippen LogP contribution is -2.48. The van der Waals surface area contributed by atoms with Crippen molar-refractivity contribution in [1.82, 2.24) is 0 Å². The van der Waals surface area contributed by atoms with Crippen LogP contribution in [0.1, 0.15) is 31.2 Å². The molecule has 41 heavy (non-hydrogen) atoms. The molecule has 4 aliphatic rings. The second-order valence-corrected chi connectivity index (χ2v) is 12.0. The lowest BCUT2D eigenvalue weighted by molar-refractivity contribution is -0.131. The molecule has 2 saturated heterocycles. The normalized spacial score (nSPS) is 30.7. The fraction of sp³-hybridized carbons (Fsp3) is 0.273. The van der Waals surface area contributed by atoms with Crippen molar-refractivity contribution >= 4 is 46.6 Å². The summed E-state index contributed by atoms with van der Waals surface area (Å²) < 4.78 is 0. The fourth-order valence-electron chi connectivity index (χ4n) is 7.77. The van der Waals surface area contributed by atoms with Crippen molar-refractivity contribution in [1.29, 1.82) is 0 Å². The maximum absolute atomic E-state index is 14.3. The number of imide groups is 2. The third kappa shape index (κ3) is 3.51. The molecule has 6 atom stereocenters. The molecular weight excluding hydrogens is 540 g/mol. The van der Waals surface area contributed by atoms with Gasteiger partial charge in [-0.15, -0.1) is 0 Å². The monoisotopic (exact) mass is 566 g/mol. The highest BCUT2D eigenvalue weighted by Gasteiger charge is 2.68. The number of halogens is 1. The summed E-state index contributed by atoms with van der Waals surface area (Å²) in [5, 5.41) is 11.5. The second-order valence-electron chi connectivity index (χ2n) is 11.5. The van der Waals surface area contributed by atoms with Gasteiger partial charge in [0.2, 0.25) is 23.6 Å². The molecule has 3 aromatic rings. The van der Waals surface area contributed by atoms with Gasteiger partial charge in [-0.2, -0.15) is 0 Å². The Bertz CT molecular complexity index is 1650. The summed E-state index contributed by atoms with van der Waals surface area (Å²) in [7, 11) is 0. The number of fused-ring (bicyclic) bond motifs is 4. The Hall–Kier alpha value is -4.23. The number of phenolic OH excluding ortho intramolecular Hbond substituents is 1. The zero-order valence-corrected chi connectivity index (χ0v) is 23.0. The highest BCUT2D eigenvalue weighted by atomic mass is 35.5. The van der Waals surface area contributed by atoms with Crippen molar-refractivity contribution in [2.24, 2.45) is 29.1 Å². The first-order valence-corrected chi connectivity index (χ1v) is 14.2. The minimum absolute atomic E-state index is 0.0406. The van der Waals surface area contributed by atoms with Crippen molar-refractivity contribution in [2.75, 3.05) is 9.80 Å². The van der Waals surface area contributed by atoms with Gasteiger partial charge in [0.05, 0.1) is 34.5 Å². The van der Waals surface area contributed by atoms with Gasteiger partial charge in [-0.3, -0.25) is 24.1 Å². The van der Waals surface area contributed by atoms with E-state index in [0.29, 0.717) is 28.4 Å². The average molecular weight is 567 g/mol. The highest BCUT2D eigenvalue weighted by molar-refractivity contribution is 6.30. The van der Waals surface area contributed by atoms with Crippen LogP contribution in [-0.4, -0.2) is 28.7 Å². The van der Waals surface area contributed by atoms with E-state index in [9.17, 15) is 24.3 Å². The number of hydrogen-bond donors (Lipinski definition) is 1. The summed E-state index contributed by atoms with van der Waals surface area (Å²) in [6, 6.07) is 22.4. The van der Waals surface area contributed by atoms with E-state index in [4.69, 9.17) is 11.6 Å². The predicted octanol–water partition coefficient (Wildman–Crippen LogP) is 5.48. The van der Waals surface area contributed by atoms with Crippen LogP contribution < -0.4 is 9.80 Å². The zero-order valence-electron chi connectivity index (χ0n) is 22.2. The Labute approximate surface area is 242 Å². The number of aromatic hydroxyl groups is 1. The summed E-state index contributed by atoms with van der Waals surface area (Å²) in [6.07, 6.45) is 2.53. The van der Waals surface area contributed by atoms with E-state index in [-0.39, 0.29) is 35.8 Å². The molecule has 7 rings (SSSR count). The Morgan fingerprint density at radius 1 is 0.805 bits per heavy atom. The number of nitrogens with zero attached hydrogens (tertiary/aromatic N) is 2. The number of para-hydroxylation sites is 2. The molecule has 1 saturated carbocycles. The van der Waals surface area contributed by atoms with Gasteiger partial charge in [0, 0.05) is 16.5 Å². The Morgan fingerprint density at radius 2 is 1.44 bits per heavy atom. The molecule has 0 aromatic heterocycles. The topological polar surface area (TPSA) is 95.0 Å². The van der Waals surface area contributed by atoms with Crippen LogP contribution in [0.3, 0.4) is 0 Å². The van der Waals surface area contributed by atoms with Crippen molar-refractivity contribution in [3.8, 4) is 5.75 Å². The molecule has 2 aliphatic carbocycles. The van der Waals surface area contributed by atoms with E-state index < -0.39 is 35.0 Å². The van der Waals surface area contributed by atoms with Crippen LogP contribution in [0.15, 0.2) is 90.5 Å². The molecule has 206 valence electrons. The van der Waals surface area contributed by atoms with E-state index in [1.807, 2.05) is 18.2 Å². The summed E-state index contributed by atoms with van der Waals surface area (Å²) in [5.74, 6) is -4.48. The van der Waals surface area contributed by atoms with Gasteiger partial charge in [0.15, 0.2) is 0 Å². The van der Waals surface area contributed by atoms with Gasteiger partial charge in [-0.25, -0.2) is 4.90 Å². The van der Waals surface area contributed by atoms with Crippen molar-refractivity contribution in [3.05, 3.63) is 101 Å². The van der Waals surface area contributed by atoms with E-state index >= 15 is 0 Å². The molecule has 3 fully saturated rings. The van der Waals surface area contributed by atoms with E-state index in [0.717, 1.165) is 5.57 Å². The van der Waals surface area contributed by atoms with Crippen LogP contribution in [0.4, 0.5) is 11.4 Å². The smallest absolute Gasteiger partial charge is 0.241 e. The maximum Gasteiger partial charge on any atom is 0.241 e. The molecule has 0 radical (unpaired) electrons. The second kappa shape index (κ2) is 9.14.